The van der Waals surface area contributed by atoms with Crippen molar-refractivity contribution >= 4 is 23.0 Å². The van der Waals surface area contributed by atoms with Gasteiger partial charge in [-0.1, -0.05) is 0 Å². The number of carbonyl (C=O) groups is 1. The second kappa shape index (κ2) is 7.37. The minimum Gasteiger partial charge on any atom is -0.394 e. The number of anilines is 1. The Morgan fingerprint density at radius 1 is 1.58 bits per heavy atom. The van der Waals surface area contributed by atoms with Crippen LogP contribution in [0.15, 0.2) is 11.1 Å². The van der Waals surface area contributed by atoms with Crippen LogP contribution in [0.1, 0.15) is 12.6 Å². The van der Waals surface area contributed by atoms with E-state index in [-0.39, 0.29) is 36.0 Å². The van der Waals surface area contributed by atoms with E-state index >= 15 is 0 Å². The Bertz CT molecular complexity index is 850. The number of nitrogens with two attached hydrogens (primary N) is 1. The van der Waals surface area contributed by atoms with Crippen LogP contribution in [-0.2, 0) is 14.3 Å². The SMILES string of the molecule is CNC(=O)CCOC1C(O)[C@@H](CO)O[C@H]1n1cnc2c(=O)[nH]c(N)nc21. The first kappa shape index (κ1) is 18.3. The van der Waals surface area contributed by atoms with E-state index < -0.39 is 36.7 Å². The average Bonchev–Trinajstić information content (AvgIpc) is 3.16. The van der Waals surface area contributed by atoms with Crippen LogP contribution >= 0.6 is 0 Å². The van der Waals surface area contributed by atoms with Crippen molar-refractivity contribution in [3.63, 3.8) is 0 Å². The third kappa shape index (κ3) is 3.26. The Hall–Kier alpha value is -2.54. The number of nitrogens with zero attached hydrogens (tertiary/aromatic N) is 3. The number of ether oxygens (including phenoxy) is 2. The highest BCUT2D eigenvalue weighted by Gasteiger charge is 2.46. The molecule has 0 aliphatic carbocycles. The van der Waals surface area contributed by atoms with E-state index in [0.717, 1.165) is 0 Å². The molecule has 1 aliphatic rings. The minimum absolute atomic E-state index is 0.0299. The summed E-state index contributed by atoms with van der Waals surface area (Å²) in [5.41, 5.74) is 5.27. The van der Waals surface area contributed by atoms with Crippen molar-refractivity contribution in [2.45, 2.75) is 31.0 Å². The van der Waals surface area contributed by atoms with Crippen LogP contribution in [0, 0.1) is 0 Å². The van der Waals surface area contributed by atoms with Gasteiger partial charge in [0.25, 0.3) is 5.56 Å². The molecule has 0 radical (unpaired) electrons. The second-order valence-corrected chi connectivity index (χ2v) is 5.77. The van der Waals surface area contributed by atoms with Gasteiger partial charge in [0.15, 0.2) is 17.4 Å². The summed E-state index contributed by atoms with van der Waals surface area (Å²) in [6.45, 7) is -0.405. The predicted octanol–water partition coefficient (Wildman–Crippen LogP) is -2.53. The monoisotopic (exact) mass is 368 g/mol. The van der Waals surface area contributed by atoms with Crippen LogP contribution in [-0.4, -0.2) is 74.2 Å². The van der Waals surface area contributed by atoms with E-state index in [4.69, 9.17) is 15.2 Å². The van der Waals surface area contributed by atoms with E-state index in [1.54, 1.807) is 0 Å². The van der Waals surface area contributed by atoms with Crippen LogP contribution in [0.4, 0.5) is 5.95 Å². The Kier molecular flexibility index (Phi) is 5.18. The van der Waals surface area contributed by atoms with Gasteiger partial charge in [-0.3, -0.25) is 19.1 Å². The summed E-state index contributed by atoms with van der Waals surface area (Å²) < 4.78 is 12.7. The molecule has 2 unspecified atom stereocenters. The number of aromatic nitrogens is 4. The molecule has 0 spiro atoms. The summed E-state index contributed by atoms with van der Waals surface area (Å²) in [5.74, 6) is -0.318. The van der Waals surface area contributed by atoms with Gasteiger partial charge in [0, 0.05) is 13.5 Å². The van der Waals surface area contributed by atoms with Crippen molar-refractivity contribution < 1.29 is 24.5 Å². The number of hydrogen-bond acceptors (Lipinski definition) is 9. The molecule has 1 fully saturated rings. The fourth-order valence-corrected chi connectivity index (χ4v) is 2.82. The molecular formula is C14H20N6O6. The first-order valence-electron chi connectivity index (χ1n) is 7.95. The van der Waals surface area contributed by atoms with E-state index in [1.165, 1.54) is 17.9 Å². The van der Waals surface area contributed by atoms with Crippen LogP contribution in [0.3, 0.4) is 0 Å². The molecule has 3 rings (SSSR count). The number of hydrogen-bond donors (Lipinski definition) is 5. The number of nitrogen functional groups attached to an aromatic ring is 1. The highest BCUT2D eigenvalue weighted by molar-refractivity contribution is 5.75. The standard InChI is InChI=1S/C14H20N6O6/c1-16-7(22)2-3-25-10-9(23)6(4-21)26-13(10)20-5-17-8-11(20)18-14(15)19-12(8)24/h5-6,9-10,13,21,23H,2-4H2,1H3,(H,16,22)(H3,15,18,19,24)/t6-,9?,10?,13-/m1/s1. The Morgan fingerprint density at radius 2 is 2.35 bits per heavy atom. The highest BCUT2D eigenvalue weighted by atomic mass is 16.6. The molecule has 0 aromatic carbocycles. The lowest BCUT2D eigenvalue weighted by Gasteiger charge is -2.22. The van der Waals surface area contributed by atoms with Gasteiger partial charge in [-0.25, -0.2) is 4.98 Å². The third-order valence-electron chi connectivity index (χ3n) is 4.14. The molecule has 12 nitrogen and oxygen atoms in total. The quantitative estimate of drug-likeness (QED) is 0.368. The van der Waals surface area contributed by atoms with Crippen molar-refractivity contribution in [1.29, 1.82) is 0 Å². The molecule has 2 aromatic rings. The van der Waals surface area contributed by atoms with Crippen molar-refractivity contribution in [2.24, 2.45) is 0 Å². The molecular weight excluding hydrogens is 348 g/mol. The predicted molar refractivity (Wildman–Crippen MR) is 88.0 cm³/mol. The average molecular weight is 368 g/mol. The summed E-state index contributed by atoms with van der Waals surface area (Å²) in [7, 11) is 1.51. The van der Waals surface area contributed by atoms with Crippen molar-refractivity contribution in [3.8, 4) is 0 Å². The summed E-state index contributed by atoms with van der Waals surface area (Å²) >= 11 is 0. The van der Waals surface area contributed by atoms with Crippen LogP contribution in [0.5, 0.6) is 0 Å². The number of aliphatic hydroxyl groups is 2. The second-order valence-electron chi connectivity index (χ2n) is 5.77. The van der Waals surface area contributed by atoms with Crippen LogP contribution in [0.2, 0.25) is 0 Å². The summed E-state index contributed by atoms with van der Waals surface area (Å²) in [6.07, 6.45) is -2.46. The molecule has 0 saturated carbocycles. The lowest BCUT2D eigenvalue weighted by molar-refractivity contribution is -0.123. The molecule has 4 atom stereocenters. The minimum atomic E-state index is -1.15. The Balaban J connectivity index is 1.90. The molecule has 3 heterocycles. The zero-order valence-corrected chi connectivity index (χ0v) is 14.0. The molecule has 1 aliphatic heterocycles. The van der Waals surface area contributed by atoms with E-state index in [2.05, 4.69) is 20.3 Å². The molecule has 6 N–H and O–H groups in total. The van der Waals surface area contributed by atoms with Crippen LogP contribution < -0.4 is 16.6 Å². The number of imidazole rings is 1. The van der Waals surface area contributed by atoms with Gasteiger partial charge in [0.05, 0.1) is 19.5 Å². The first-order chi connectivity index (χ1) is 12.5. The number of aromatic amines is 1. The third-order valence-corrected chi connectivity index (χ3v) is 4.14. The van der Waals surface area contributed by atoms with Crippen LogP contribution in [0.25, 0.3) is 11.2 Å². The van der Waals surface area contributed by atoms with Gasteiger partial charge in [0.2, 0.25) is 11.9 Å². The smallest absolute Gasteiger partial charge is 0.280 e. The van der Waals surface area contributed by atoms with Gasteiger partial charge in [-0.15, -0.1) is 0 Å². The number of H-pyrrole nitrogens is 1. The van der Waals surface area contributed by atoms with Gasteiger partial charge in [0.1, 0.15) is 18.3 Å². The molecule has 26 heavy (non-hydrogen) atoms. The maximum atomic E-state index is 11.9. The van der Waals surface area contributed by atoms with Gasteiger partial charge in [-0.05, 0) is 0 Å². The van der Waals surface area contributed by atoms with Crippen molar-refractivity contribution in [2.75, 3.05) is 26.0 Å². The molecule has 0 bridgehead atoms. The maximum absolute atomic E-state index is 11.9. The van der Waals surface area contributed by atoms with Gasteiger partial charge in [-0.2, -0.15) is 4.98 Å². The largest absolute Gasteiger partial charge is 0.394 e. The Labute approximate surface area is 146 Å². The van der Waals surface area contributed by atoms with Gasteiger partial charge >= 0.3 is 0 Å². The zero-order valence-electron chi connectivity index (χ0n) is 14.0. The topological polar surface area (TPSA) is 178 Å². The summed E-state index contributed by atoms with van der Waals surface area (Å²) in [4.78, 5) is 33.6. The number of aliphatic hydroxyl groups excluding tert-OH is 2. The lowest BCUT2D eigenvalue weighted by Crippen LogP contribution is -2.36. The summed E-state index contributed by atoms with van der Waals surface area (Å²) in [6, 6.07) is 0. The van der Waals surface area contributed by atoms with Crippen molar-refractivity contribution in [3.05, 3.63) is 16.7 Å². The normalized spacial score (nSPS) is 25.7. The van der Waals surface area contributed by atoms with Crippen molar-refractivity contribution in [1.82, 2.24) is 24.8 Å². The number of carbonyl (C=O) groups excluding carboxylic acids is 1. The number of nitrogens with one attached hydrogen (secondary N) is 2. The number of rotatable bonds is 6. The number of amides is 1. The maximum Gasteiger partial charge on any atom is 0.280 e. The molecule has 142 valence electrons. The number of fused-ring (bicyclic) bond motifs is 1. The van der Waals surface area contributed by atoms with E-state index in [9.17, 15) is 19.8 Å². The molecule has 12 heteroatoms. The fraction of sp³-hybridized carbons (Fsp3) is 0.571. The highest BCUT2D eigenvalue weighted by Crippen LogP contribution is 2.33. The lowest BCUT2D eigenvalue weighted by atomic mass is 10.1. The fourth-order valence-electron chi connectivity index (χ4n) is 2.82. The van der Waals surface area contributed by atoms with Gasteiger partial charge < -0.3 is 30.7 Å². The van der Waals surface area contributed by atoms with E-state index in [0.29, 0.717) is 0 Å². The Morgan fingerprint density at radius 3 is 3.04 bits per heavy atom. The zero-order chi connectivity index (χ0) is 18.8. The molecule has 1 saturated heterocycles. The first-order valence-corrected chi connectivity index (χ1v) is 7.95. The van der Waals surface area contributed by atoms with E-state index in [1.807, 2.05) is 0 Å². The molecule has 1 amide bonds. The molecule has 2 aromatic heterocycles. The summed E-state index contributed by atoms with van der Waals surface area (Å²) in [5, 5.41) is 22.2.